The van der Waals surface area contributed by atoms with Gasteiger partial charge < -0.3 is 91.2 Å². The van der Waals surface area contributed by atoms with Crippen LogP contribution in [0.5, 0.6) is 5.75 Å². The van der Waals surface area contributed by atoms with Gasteiger partial charge in [-0.25, -0.2) is 0 Å². The lowest BCUT2D eigenvalue weighted by Gasteiger charge is -2.47. The van der Waals surface area contributed by atoms with E-state index in [0.717, 1.165) is 0 Å². The molecule has 0 bridgehead atoms. The summed E-state index contributed by atoms with van der Waals surface area (Å²) in [6, 6.07) is 0.454. The number of carbonyl (C=O) groups is 9. The van der Waals surface area contributed by atoms with Crippen LogP contribution in [0.25, 0.3) is 0 Å². The zero-order valence-electron chi connectivity index (χ0n) is 50.7. The first-order valence-electron chi connectivity index (χ1n) is 29.4. The summed E-state index contributed by atoms with van der Waals surface area (Å²) in [5.41, 5.74) is 4.64. The van der Waals surface area contributed by atoms with Crippen LogP contribution in [-0.2, 0) is 68.5 Å². The molecule has 0 aliphatic carbocycles. The van der Waals surface area contributed by atoms with Crippen molar-refractivity contribution >= 4 is 52.7 Å². The minimum absolute atomic E-state index is 0.00866. The maximum atomic E-state index is 14.7. The molecule has 1 aromatic carbocycles. The van der Waals surface area contributed by atoms with Crippen LogP contribution in [0.4, 0.5) is 0 Å². The molecule has 20 atom stereocenters. The molecule has 3 aliphatic rings. The molecule has 0 saturated carbocycles. The number of aliphatic hydroxyl groups is 6. The summed E-state index contributed by atoms with van der Waals surface area (Å²) in [6.07, 6.45) is -15.3. The zero-order valence-corrected chi connectivity index (χ0v) is 50.7. The molecular weight excluding hydrogens is 1110 g/mol. The Morgan fingerprint density at radius 3 is 1.76 bits per heavy atom. The van der Waals surface area contributed by atoms with Gasteiger partial charge in [-0.3, -0.25) is 38.4 Å². The Morgan fingerprint density at radius 2 is 1.21 bits per heavy atom. The van der Waals surface area contributed by atoms with E-state index in [1.165, 1.54) is 44.7 Å². The van der Waals surface area contributed by atoms with E-state index >= 15 is 0 Å². The van der Waals surface area contributed by atoms with Gasteiger partial charge in [0.25, 0.3) is 0 Å². The number of quaternary nitrogens is 1. The maximum Gasteiger partial charge on any atom is 0.227 e. The summed E-state index contributed by atoms with van der Waals surface area (Å²) in [7, 11) is 0. The number of phenolic OH excluding ortho intramolecular Hbond substituents is 1. The number of Topliss-reactive ketones (excluding diaryl/α,β-unsaturated/α-hetero) is 4. The molecule has 26 heteroatoms. The summed E-state index contributed by atoms with van der Waals surface area (Å²) < 4.78 is 23.5. The van der Waals surface area contributed by atoms with Crippen molar-refractivity contribution < 1.29 is 109 Å². The highest BCUT2D eigenvalue weighted by Crippen LogP contribution is 2.34. The van der Waals surface area contributed by atoms with Crippen LogP contribution in [0.3, 0.4) is 0 Å². The number of aliphatic carboxylic acids is 1. The van der Waals surface area contributed by atoms with Crippen molar-refractivity contribution in [1.29, 1.82) is 0 Å². The molecular formula is C59H93N5O21. The van der Waals surface area contributed by atoms with E-state index in [1.54, 1.807) is 60.6 Å². The van der Waals surface area contributed by atoms with Gasteiger partial charge in [-0.1, -0.05) is 67.5 Å². The molecule has 4 rings (SSSR count). The summed E-state index contributed by atoms with van der Waals surface area (Å²) >= 11 is 0. The molecule has 1 aromatic rings. The Balaban J connectivity index is 1.41. The van der Waals surface area contributed by atoms with Crippen LogP contribution in [-0.4, -0.2) is 205 Å². The standard InChI is InChI=1S/C59H93N5O21/c1-26(2)37(55(78)63-47(28(5)6)43(71)23-38(27(3)4)54(77)62-32(10)57(80)81)22-40(68)31(9)61-53(76)29(7)19-41(69)39-13-12-18-64(39)56(79)35(20-34-14-16-36(67)17-15-34)21-42(70)46(60)33(11)82-58-30(8)52(49(73)45(25-66)83-58)85-59-51(75)50(74)48(72)44(24-65)84-59/h14-17,26-33,35,37-39,44-52,58-59,65-67,72-75H,12-13,18-25,60H2,1-11H3,(H,61,76)(H,62,77)(H,63,78)(H,80,81)/t29?,30?,31-,32-,33?,35?,37?,38?,39-,44?,45?,46-,47-,48-,49-,50-,51?,52+,58-,59-/m0/s1. The molecule has 0 radical (unpaired) electrons. The number of carboxylic acids is 1. The van der Waals surface area contributed by atoms with Gasteiger partial charge in [0.05, 0.1) is 49.5 Å². The third-order valence-electron chi connectivity index (χ3n) is 16.7. The second-order valence-corrected chi connectivity index (χ2v) is 24.4. The smallest absolute Gasteiger partial charge is 0.227 e. The summed E-state index contributed by atoms with van der Waals surface area (Å²) in [4.78, 5) is 124. The summed E-state index contributed by atoms with van der Waals surface area (Å²) in [5.74, 6) is -11.8. The van der Waals surface area contributed by atoms with Gasteiger partial charge in [0, 0.05) is 61.8 Å². The number of benzene rings is 1. The average Bonchev–Trinajstić information content (AvgIpc) is 3.26. The number of carboxylic acid groups (broad SMARTS) is 1. The van der Waals surface area contributed by atoms with Gasteiger partial charge in [-0.05, 0) is 75.5 Å². The minimum atomic E-state index is -1.81. The highest BCUT2D eigenvalue weighted by Gasteiger charge is 2.51. The largest absolute Gasteiger partial charge is 0.548 e. The Kier molecular flexibility index (Phi) is 27.6. The highest BCUT2D eigenvalue weighted by atomic mass is 16.7. The van der Waals surface area contributed by atoms with Crippen molar-refractivity contribution in [2.24, 2.45) is 47.3 Å². The van der Waals surface area contributed by atoms with Crippen molar-refractivity contribution in [3.63, 3.8) is 0 Å². The number of likely N-dealkylation sites (tertiary alicyclic amines) is 1. The number of ketones is 4. The zero-order chi connectivity index (χ0) is 64.1. The Morgan fingerprint density at radius 1 is 0.671 bits per heavy atom. The Bertz CT molecular complexity index is 2440. The molecule has 0 aromatic heterocycles. The topological polar surface area (TPSA) is 422 Å². The average molecular weight is 1210 g/mol. The quantitative estimate of drug-likeness (QED) is 0.0352. The monoisotopic (exact) mass is 1210 g/mol. The second kappa shape index (κ2) is 32.5. The number of ether oxygens (including phenoxy) is 4. The third-order valence-corrected chi connectivity index (χ3v) is 16.7. The summed E-state index contributed by atoms with van der Waals surface area (Å²) in [6.45, 7) is 16.2. The number of carbonyl (C=O) groups excluding carboxylic acids is 9. The fourth-order valence-corrected chi connectivity index (χ4v) is 10.9. The van der Waals surface area contributed by atoms with Gasteiger partial charge in [0.15, 0.2) is 41.8 Å². The van der Waals surface area contributed by atoms with E-state index in [-0.39, 0.29) is 56.7 Å². The molecule has 3 fully saturated rings. The molecule has 13 N–H and O–H groups in total. The van der Waals surface area contributed by atoms with E-state index in [1.807, 2.05) is 0 Å². The van der Waals surface area contributed by atoms with E-state index in [0.29, 0.717) is 12.0 Å². The van der Waals surface area contributed by atoms with E-state index in [9.17, 15) is 84.0 Å². The lowest BCUT2D eigenvalue weighted by Crippen LogP contribution is -2.71. The van der Waals surface area contributed by atoms with Gasteiger partial charge in [-0.15, -0.1) is 0 Å². The van der Waals surface area contributed by atoms with Crippen molar-refractivity contribution in [2.75, 3.05) is 19.8 Å². The molecule has 0 spiro atoms. The van der Waals surface area contributed by atoms with Gasteiger partial charge in [0.2, 0.25) is 23.6 Å². The number of aliphatic hydroxyl groups excluding tert-OH is 6. The van der Waals surface area contributed by atoms with Crippen LogP contribution < -0.4 is 26.8 Å². The number of hydrogen-bond acceptors (Lipinski definition) is 21. The minimum Gasteiger partial charge on any atom is -0.548 e. The first kappa shape index (κ1) is 72.1. The van der Waals surface area contributed by atoms with Crippen LogP contribution in [0.1, 0.15) is 120 Å². The number of nitrogens with one attached hydrogen (secondary N) is 3. The third kappa shape index (κ3) is 19.3. The first-order valence-corrected chi connectivity index (χ1v) is 29.4. The van der Waals surface area contributed by atoms with Crippen molar-refractivity contribution in [2.45, 2.75) is 213 Å². The second-order valence-electron chi connectivity index (χ2n) is 24.4. The molecule has 85 heavy (non-hydrogen) atoms. The van der Waals surface area contributed by atoms with Crippen molar-refractivity contribution in [1.82, 2.24) is 20.9 Å². The SMILES string of the molecule is CC(CC(=O)[C@@H]1CCCN1C(=O)C(CC(=O)[C@@H]([NH3+])C(C)O[C@H]1OC(CO)[C@H](O)[C@H](O[C@@H]2OC(CO)[C@H](O)[C@H](O)C2O)C1C)Cc1ccc(O)cc1)C(=O)N[C@@H](C)C(=O)CC(C(=O)N[C@H](C(=O)CC(C(=O)N[C@@H](C)C(=O)[O-])C(C)C)C(C)C)C(C)C. The molecule has 480 valence electrons. The van der Waals surface area contributed by atoms with Gasteiger partial charge in [-0.2, -0.15) is 0 Å². The van der Waals surface area contributed by atoms with E-state index in [4.69, 9.17) is 18.9 Å². The summed E-state index contributed by atoms with van der Waals surface area (Å²) in [5, 5.41) is 91.3. The van der Waals surface area contributed by atoms with Crippen LogP contribution in [0.2, 0.25) is 0 Å². The van der Waals surface area contributed by atoms with Crippen LogP contribution >= 0.6 is 0 Å². The predicted molar refractivity (Wildman–Crippen MR) is 298 cm³/mol. The molecule has 3 aliphatic heterocycles. The number of amides is 4. The lowest BCUT2D eigenvalue weighted by molar-refractivity contribution is -0.432. The van der Waals surface area contributed by atoms with E-state index < -0.39 is 199 Å². The lowest BCUT2D eigenvalue weighted by atomic mass is 9.84. The molecule has 3 heterocycles. The molecule has 9 unspecified atom stereocenters. The maximum absolute atomic E-state index is 14.7. The number of phenols is 1. The number of hydrogen-bond donors (Lipinski definition) is 11. The first-order chi connectivity index (χ1) is 39.7. The van der Waals surface area contributed by atoms with Crippen molar-refractivity contribution in [3.8, 4) is 5.75 Å². The molecule has 3 saturated heterocycles. The van der Waals surface area contributed by atoms with Gasteiger partial charge >= 0.3 is 0 Å². The fourth-order valence-electron chi connectivity index (χ4n) is 10.9. The Hall–Kier alpha value is -5.39. The number of rotatable bonds is 32. The van der Waals surface area contributed by atoms with Gasteiger partial charge in [0.1, 0.15) is 48.5 Å². The van der Waals surface area contributed by atoms with Crippen LogP contribution in [0, 0.1) is 47.3 Å². The Labute approximate surface area is 496 Å². The van der Waals surface area contributed by atoms with Crippen molar-refractivity contribution in [3.05, 3.63) is 29.8 Å². The predicted octanol–water partition coefficient (Wildman–Crippen LogP) is -2.63. The van der Waals surface area contributed by atoms with E-state index in [2.05, 4.69) is 21.7 Å². The number of nitrogens with zero attached hydrogens (tertiary/aromatic N) is 1. The molecule has 26 nitrogen and oxygen atoms in total. The highest BCUT2D eigenvalue weighted by molar-refractivity contribution is 5.98. The number of aromatic hydroxyl groups is 1. The molecule has 4 amide bonds. The normalized spacial score (nSPS) is 27.6. The van der Waals surface area contributed by atoms with Crippen LogP contribution in [0.15, 0.2) is 24.3 Å². The fraction of sp³-hybridized carbons (Fsp3) is 0.746.